The largest absolute Gasteiger partial charge is 0.303 e. The molecule has 1 aliphatic heterocycles. The summed E-state index contributed by atoms with van der Waals surface area (Å²) in [6.45, 7) is 8.26. The van der Waals surface area contributed by atoms with Gasteiger partial charge in [0.25, 0.3) is 0 Å². The average Bonchev–Trinajstić information content (AvgIpc) is 2.80. The fourth-order valence-corrected chi connectivity index (χ4v) is 3.87. The standard InChI is InChI=1S/C14H24N2S2/c1-3-12-13(10-17)18-14(15-12)6-9-16-7-4-11(2)5-8-16/h11,17H,3-10H2,1-2H3. The van der Waals surface area contributed by atoms with Crippen molar-refractivity contribution >= 4 is 24.0 Å². The summed E-state index contributed by atoms with van der Waals surface area (Å²) < 4.78 is 0. The zero-order valence-electron chi connectivity index (χ0n) is 11.5. The van der Waals surface area contributed by atoms with Crippen molar-refractivity contribution in [1.82, 2.24) is 9.88 Å². The Morgan fingerprint density at radius 2 is 2.11 bits per heavy atom. The first kappa shape index (κ1) is 14.4. The minimum absolute atomic E-state index is 0.835. The maximum absolute atomic E-state index is 4.74. The summed E-state index contributed by atoms with van der Waals surface area (Å²) in [5.41, 5.74) is 1.26. The Hall–Kier alpha value is -0.0600. The van der Waals surface area contributed by atoms with Crippen molar-refractivity contribution in [2.24, 2.45) is 5.92 Å². The van der Waals surface area contributed by atoms with Crippen molar-refractivity contribution in [1.29, 1.82) is 0 Å². The first-order chi connectivity index (χ1) is 8.72. The van der Waals surface area contributed by atoms with Crippen LogP contribution in [0.4, 0.5) is 0 Å². The quantitative estimate of drug-likeness (QED) is 0.834. The Kier molecular flexibility index (Phi) is 5.52. The van der Waals surface area contributed by atoms with Gasteiger partial charge in [-0.25, -0.2) is 4.98 Å². The van der Waals surface area contributed by atoms with Crippen molar-refractivity contribution < 1.29 is 0 Å². The SMILES string of the molecule is CCc1nc(CCN2CCC(C)CC2)sc1CS. The first-order valence-corrected chi connectivity index (χ1v) is 8.48. The minimum Gasteiger partial charge on any atom is -0.303 e. The van der Waals surface area contributed by atoms with Crippen molar-refractivity contribution in [2.45, 2.75) is 45.3 Å². The van der Waals surface area contributed by atoms with E-state index in [9.17, 15) is 0 Å². The van der Waals surface area contributed by atoms with E-state index >= 15 is 0 Å². The number of hydrogen-bond acceptors (Lipinski definition) is 4. The lowest BCUT2D eigenvalue weighted by atomic mass is 9.99. The summed E-state index contributed by atoms with van der Waals surface area (Å²) in [4.78, 5) is 8.70. The van der Waals surface area contributed by atoms with Crippen molar-refractivity contribution in [2.75, 3.05) is 19.6 Å². The molecule has 0 atom stereocenters. The molecule has 0 radical (unpaired) electrons. The van der Waals surface area contributed by atoms with Crippen molar-refractivity contribution in [3.63, 3.8) is 0 Å². The molecule has 1 aromatic heterocycles. The van der Waals surface area contributed by atoms with Gasteiger partial charge in [-0.15, -0.1) is 11.3 Å². The summed E-state index contributed by atoms with van der Waals surface area (Å²) in [5.74, 6) is 1.76. The highest BCUT2D eigenvalue weighted by atomic mass is 32.1. The highest BCUT2D eigenvalue weighted by Crippen LogP contribution is 2.22. The number of aromatic nitrogens is 1. The van der Waals surface area contributed by atoms with Crippen LogP contribution in [0.1, 0.15) is 42.3 Å². The maximum atomic E-state index is 4.74. The van der Waals surface area contributed by atoms with Gasteiger partial charge < -0.3 is 4.90 Å². The maximum Gasteiger partial charge on any atom is 0.0944 e. The molecule has 2 rings (SSSR count). The van der Waals surface area contributed by atoms with Gasteiger partial charge in [-0.3, -0.25) is 0 Å². The number of nitrogens with zero attached hydrogens (tertiary/aromatic N) is 2. The molecule has 0 bridgehead atoms. The number of likely N-dealkylation sites (tertiary alicyclic amines) is 1. The second-order valence-corrected chi connectivity index (χ2v) is 6.75. The molecule has 1 aromatic rings. The molecule has 4 heteroatoms. The Balaban J connectivity index is 1.84. The van der Waals surface area contributed by atoms with E-state index in [1.165, 1.54) is 48.1 Å². The number of piperidine rings is 1. The van der Waals surface area contributed by atoms with Gasteiger partial charge in [0.1, 0.15) is 0 Å². The van der Waals surface area contributed by atoms with Gasteiger partial charge in [0.15, 0.2) is 0 Å². The Labute approximate surface area is 120 Å². The van der Waals surface area contributed by atoms with Gasteiger partial charge in [-0.05, 0) is 38.3 Å². The van der Waals surface area contributed by atoms with Crippen LogP contribution >= 0.6 is 24.0 Å². The topological polar surface area (TPSA) is 16.1 Å². The molecule has 0 saturated carbocycles. The van der Waals surface area contributed by atoms with Crippen LogP contribution < -0.4 is 0 Å². The average molecular weight is 284 g/mol. The van der Waals surface area contributed by atoms with Crippen LogP contribution in [0.2, 0.25) is 0 Å². The van der Waals surface area contributed by atoms with Crippen molar-refractivity contribution in [3.05, 3.63) is 15.6 Å². The van der Waals surface area contributed by atoms with E-state index in [0.717, 1.165) is 24.5 Å². The van der Waals surface area contributed by atoms with Gasteiger partial charge >= 0.3 is 0 Å². The van der Waals surface area contributed by atoms with E-state index in [4.69, 9.17) is 4.98 Å². The molecule has 0 spiro atoms. The molecule has 102 valence electrons. The normalized spacial score (nSPS) is 18.4. The molecular formula is C14H24N2S2. The number of rotatable bonds is 5. The zero-order chi connectivity index (χ0) is 13.0. The molecule has 0 aromatic carbocycles. The van der Waals surface area contributed by atoms with Crippen molar-refractivity contribution in [3.8, 4) is 0 Å². The third-order valence-electron chi connectivity index (χ3n) is 3.82. The third-order valence-corrected chi connectivity index (χ3v) is 5.51. The Morgan fingerprint density at radius 3 is 2.67 bits per heavy atom. The summed E-state index contributed by atoms with van der Waals surface area (Å²) in [5, 5.41) is 1.30. The smallest absolute Gasteiger partial charge is 0.0944 e. The molecule has 18 heavy (non-hydrogen) atoms. The molecule has 2 heterocycles. The molecule has 1 aliphatic rings. The molecule has 2 nitrogen and oxygen atoms in total. The van der Waals surface area contributed by atoms with E-state index in [-0.39, 0.29) is 0 Å². The van der Waals surface area contributed by atoms with Crippen LogP contribution in [0.3, 0.4) is 0 Å². The van der Waals surface area contributed by atoms with Crippen LogP contribution in [-0.2, 0) is 18.6 Å². The van der Waals surface area contributed by atoms with Gasteiger partial charge in [0.05, 0.1) is 10.7 Å². The van der Waals surface area contributed by atoms with Gasteiger partial charge in [-0.1, -0.05) is 13.8 Å². The van der Waals surface area contributed by atoms with Crippen LogP contribution in [0.15, 0.2) is 0 Å². The molecular weight excluding hydrogens is 260 g/mol. The van der Waals surface area contributed by atoms with Crippen LogP contribution in [0, 0.1) is 5.92 Å². The minimum atomic E-state index is 0.835. The Bertz CT molecular complexity index is 346. The summed E-state index contributed by atoms with van der Waals surface area (Å²) in [6, 6.07) is 0. The van der Waals surface area contributed by atoms with E-state index in [0.29, 0.717) is 0 Å². The lowest BCUT2D eigenvalue weighted by molar-refractivity contribution is 0.194. The number of thiol groups is 1. The predicted molar refractivity (Wildman–Crippen MR) is 82.7 cm³/mol. The number of aryl methyl sites for hydroxylation is 1. The molecule has 1 fully saturated rings. The van der Waals surface area contributed by atoms with Crippen LogP contribution in [0.25, 0.3) is 0 Å². The van der Waals surface area contributed by atoms with Gasteiger partial charge in [0.2, 0.25) is 0 Å². The van der Waals surface area contributed by atoms with Gasteiger partial charge in [0, 0.05) is 23.6 Å². The molecule has 0 amide bonds. The highest BCUT2D eigenvalue weighted by molar-refractivity contribution is 7.79. The fourth-order valence-electron chi connectivity index (χ4n) is 2.48. The number of thiazole rings is 1. The van der Waals surface area contributed by atoms with E-state index < -0.39 is 0 Å². The van der Waals surface area contributed by atoms with Crippen LogP contribution in [-0.4, -0.2) is 29.5 Å². The molecule has 0 unspecified atom stereocenters. The third kappa shape index (κ3) is 3.72. The molecule has 1 saturated heterocycles. The van der Waals surface area contributed by atoms with Gasteiger partial charge in [-0.2, -0.15) is 12.6 Å². The fraction of sp³-hybridized carbons (Fsp3) is 0.786. The monoisotopic (exact) mass is 284 g/mol. The van der Waals surface area contributed by atoms with E-state index in [1.54, 1.807) is 0 Å². The predicted octanol–water partition coefficient (Wildman–Crippen LogP) is 3.41. The van der Waals surface area contributed by atoms with E-state index in [2.05, 4.69) is 31.4 Å². The lowest BCUT2D eigenvalue weighted by Crippen LogP contribution is -2.34. The summed E-state index contributed by atoms with van der Waals surface area (Å²) in [6.07, 6.45) is 4.87. The Morgan fingerprint density at radius 1 is 1.39 bits per heavy atom. The second-order valence-electron chi connectivity index (χ2n) is 5.26. The van der Waals surface area contributed by atoms with Crippen LogP contribution in [0.5, 0.6) is 0 Å². The summed E-state index contributed by atoms with van der Waals surface area (Å²) >= 11 is 6.25. The first-order valence-electron chi connectivity index (χ1n) is 7.03. The second kappa shape index (κ2) is 6.92. The lowest BCUT2D eigenvalue weighted by Gasteiger charge is -2.29. The zero-order valence-corrected chi connectivity index (χ0v) is 13.2. The molecule has 0 aliphatic carbocycles. The highest BCUT2D eigenvalue weighted by Gasteiger charge is 2.16. The molecule has 0 N–H and O–H groups in total. The van der Waals surface area contributed by atoms with E-state index in [1.807, 2.05) is 11.3 Å². The summed E-state index contributed by atoms with van der Waals surface area (Å²) in [7, 11) is 0. The number of hydrogen-bond donors (Lipinski definition) is 1.